The molecular weight excluding hydrogens is 290 g/mol. The Kier molecular flexibility index (Phi) is 4.73. The molecular formula is C11H15NO7S. The van der Waals surface area contributed by atoms with Gasteiger partial charge in [-0.3, -0.25) is 13.8 Å². The first-order valence-corrected chi connectivity index (χ1v) is 7.15. The van der Waals surface area contributed by atoms with E-state index in [2.05, 4.69) is 11.9 Å². The van der Waals surface area contributed by atoms with Crippen LogP contribution >= 0.6 is 0 Å². The largest absolute Gasteiger partial charge is 0.458 e. The van der Waals surface area contributed by atoms with Crippen LogP contribution in [-0.2, 0) is 34.2 Å². The lowest BCUT2D eigenvalue weighted by atomic mass is 9.95. The third-order valence-electron chi connectivity index (χ3n) is 3.20. The van der Waals surface area contributed by atoms with Crippen molar-refractivity contribution in [3.63, 3.8) is 0 Å². The Morgan fingerprint density at radius 3 is 2.50 bits per heavy atom. The Morgan fingerprint density at radius 1 is 1.30 bits per heavy atom. The molecule has 0 saturated carbocycles. The number of hydrogen-bond acceptors (Lipinski definition) is 7. The molecule has 1 N–H and O–H groups in total. The van der Waals surface area contributed by atoms with E-state index in [1.54, 1.807) is 0 Å². The summed E-state index contributed by atoms with van der Waals surface area (Å²) in [4.78, 5) is 22.4. The van der Waals surface area contributed by atoms with Crippen molar-refractivity contribution in [2.75, 3.05) is 6.54 Å². The monoisotopic (exact) mass is 305 g/mol. The number of carbonyl (C=O) groups excluding carboxylic acids is 2. The van der Waals surface area contributed by atoms with Gasteiger partial charge in [0.1, 0.15) is 18.8 Å². The summed E-state index contributed by atoms with van der Waals surface area (Å²) in [7, 11) is -2.91. The first-order chi connectivity index (χ1) is 9.49. The predicted octanol–water partition coefficient (Wildman–Crippen LogP) is -1.33. The van der Waals surface area contributed by atoms with E-state index < -0.39 is 35.1 Å². The number of nitrogens with one attached hydrogen (secondary N) is 1. The molecule has 1 amide bonds. The fourth-order valence-corrected chi connectivity index (χ4v) is 2.81. The van der Waals surface area contributed by atoms with Crippen molar-refractivity contribution < 1.29 is 31.7 Å². The molecule has 0 aromatic heterocycles. The lowest BCUT2D eigenvalue weighted by molar-refractivity contribution is -0.151. The van der Waals surface area contributed by atoms with Crippen LogP contribution in [0, 0.1) is 0 Å². The van der Waals surface area contributed by atoms with Gasteiger partial charge < -0.3 is 14.8 Å². The summed E-state index contributed by atoms with van der Waals surface area (Å²) >= 11 is 0. The van der Waals surface area contributed by atoms with Gasteiger partial charge in [0.05, 0.1) is 12.2 Å². The number of esters is 1. The van der Waals surface area contributed by atoms with Gasteiger partial charge >= 0.3 is 5.97 Å². The van der Waals surface area contributed by atoms with E-state index in [0.29, 0.717) is 12.8 Å². The van der Waals surface area contributed by atoms with Gasteiger partial charge in [-0.2, -0.15) is 0 Å². The lowest BCUT2D eigenvalue weighted by Gasteiger charge is -2.22. The van der Waals surface area contributed by atoms with Gasteiger partial charge in [-0.1, -0.05) is 6.58 Å². The zero-order valence-corrected chi connectivity index (χ0v) is 11.4. The van der Waals surface area contributed by atoms with E-state index in [4.69, 9.17) is 13.7 Å². The van der Waals surface area contributed by atoms with Crippen LogP contribution in [0.15, 0.2) is 12.7 Å². The second kappa shape index (κ2) is 6.33. The third-order valence-corrected chi connectivity index (χ3v) is 3.65. The normalized spacial score (nSPS) is 31.2. The maximum absolute atomic E-state index is 11.5. The highest BCUT2D eigenvalue weighted by atomic mass is 32.2. The average Bonchev–Trinajstić information content (AvgIpc) is 2.94. The van der Waals surface area contributed by atoms with E-state index >= 15 is 0 Å². The van der Waals surface area contributed by atoms with Gasteiger partial charge in [-0.25, -0.2) is 8.42 Å². The Labute approximate surface area is 117 Å². The molecule has 2 heterocycles. The van der Waals surface area contributed by atoms with E-state index in [-0.39, 0.29) is 18.8 Å². The molecule has 2 fully saturated rings. The van der Waals surface area contributed by atoms with Crippen LogP contribution in [0.1, 0.15) is 12.8 Å². The Bertz CT molecular complexity index is 481. The number of hydrogen-bond donors (Lipinski definition) is 2. The minimum atomic E-state index is -2.91. The van der Waals surface area contributed by atoms with Gasteiger partial charge in [-0.15, -0.1) is 0 Å². The van der Waals surface area contributed by atoms with Gasteiger partial charge in [0.2, 0.25) is 5.91 Å². The molecule has 0 aromatic carbocycles. The third kappa shape index (κ3) is 3.56. The van der Waals surface area contributed by atoms with Crippen LogP contribution < -0.4 is 5.32 Å². The van der Waals surface area contributed by atoms with Crippen molar-refractivity contribution in [1.82, 2.24) is 5.32 Å². The molecule has 0 radical (unpaired) electrons. The molecule has 20 heavy (non-hydrogen) atoms. The van der Waals surface area contributed by atoms with Crippen molar-refractivity contribution in [3.8, 4) is 0 Å². The molecule has 2 aliphatic rings. The highest BCUT2D eigenvalue weighted by Gasteiger charge is 2.50. The zero-order valence-electron chi connectivity index (χ0n) is 10.5. The summed E-state index contributed by atoms with van der Waals surface area (Å²) in [6.45, 7) is 3.01. The van der Waals surface area contributed by atoms with Gasteiger partial charge in [0, 0.05) is 12.8 Å². The molecule has 0 spiro atoms. The van der Waals surface area contributed by atoms with Crippen LogP contribution in [0.25, 0.3) is 0 Å². The minimum absolute atomic E-state index is 0.245. The second-order valence-corrected chi connectivity index (χ2v) is 5.16. The van der Waals surface area contributed by atoms with Crippen molar-refractivity contribution >= 4 is 22.9 Å². The van der Waals surface area contributed by atoms with Crippen LogP contribution in [0.2, 0.25) is 0 Å². The van der Waals surface area contributed by atoms with Gasteiger partial charge in [0.15, 0.2) is 0 Å². The first kappa shape index (κ1) is 14.9. The quantitative estimate of drug-likeness (QED) is 0.356. The SMILES string of the molecule is C=CC(=O)NCC(=O)OC1CC2OC1CC2O[SH](=O)=O. The minimum Gasteiger partial charge on any atom is -0.458 e. The molecule has 2 rings (SSSR count). The number of rotatable bonds is 6. The summed E-state index contributed by atoms with van der Waals surface area (Å²) in [5, 5.41) is 2.31. The maximum Gasteiger partial charge on any atom is 0.325 e. The van der Waals surface area contributed by atoms with Crippen molar-refractivity contribution in [3.05, 3.63) is 12.7 Å². The fraction of sp³-hybridized carbons (Fsp3) is 0.636. The highest BCUT2D eigenvalue weighted by molar-refractivity contribution is 7.67. The van der Waals surface area contributed by atoms with Gasteiger partial charge in [0.25, 0.3) is 11.0 Å². The molecule has 4 atom stereocenters. The number of ether oxygens (including phenoxy) is 2. The number of carbonyl (C=O) groups is 2. The Balaban J connectivity index is 1.76. The smallest absolute Gasteiger partial charge is 0.325 e. The molecule has 8 nitrogen and oxygen atoms in total. The number of fused-ring (bicyclic) bond motifs is 2. The van der Waals surface area contributed by atoms with Crippen molar-refractivity contribution in [2.24, 2.45) is 0 Å². The van der Waals surface area contributed by atoms with E-state index in [9.17, 15) is 18.0 Å². The number of amides is 1. The molecule has 9 heteroatoms. The first-order valence-electron chi connectivity index (χ1n) is 6.06. The number of thiol groups is 1. The average molecular weight is 305 g/mol. The maximum atomic E-state index is 11.5. The summed E-state index contributed by atoms with van der Waals surface area (Å²) < 4.78 is 36.3. The van der Waals surface area contributed by atoms with Crippen LogP contribution in [0.5, 0.6) is 0 Å². The zero-order chi connectivity index (χ0) is 14.7. The summed E-state index contributed by atoms with van der Waals surface area (Å²) in [5.74, 6) is -1.03. The van der Waals surface area contributed by atoms with Gasteiger partial charge in [-0.05, 0) is 6.08 Å². The molecule has 2 saturated heterocycles. The van der Waals surface area contributed by atoms with Crippen LogP contribution in [0.3, 0.4) is 0 Å². The molecule has 2 aliphatic heterocycles. The van der Waals surface area contributed by atoms with Crippen molar-refractivity contribution in [2.45, 2.75) is 37.3 Å². The van der Waals surface area contributed by atoms with Crippen LogP contribution in [0.4, 0.5) is 0 Å². The predicted molar refractivity (Wildman–Crippen MR) is 66.2 cm³/mol. The summed E-state index contributed by atoms with van der Waals surface area (Å²) in [6.07, 6.45) is 0.131. The van der Waals surface area contributed by atoms with Crippen molar-refractivity contribution in [1.29, 1.82) is 0 Å². The highest BCUT2D eigenvalue weighted by Crippen LogP contribution is 2.38. The Hall–Kier alpha value is -1.45. The molecule has 2 bridgehead atoms. The van der Waals surface area contributed by atoms with Crippen LogP contribution in [-0.4, -0.2) is 51.3 Å². The topological polar surface area (TPSA) is 108 Å². The summed E-state index contributed by atoms with van der Waals surface area (Å²) in [5.41, 5.74) is 0. The lowest BCUT2D eigenvalue weighted by Crippen LogP contribution is -2.38. The van der Waals surface area contributed by atoms with E-state index in [1.165, 1.54) is 0 Å². The second-order valence-electron chi connectivity index (χ2n) is 4.50. The fourth-order valence-electron chi connectivity index (χ4n) is 2.36. The standard InChI is InChI=1S/C11H15NO7S/c1-2-10(13)12-5-11(14)18-7-3-8-9(19-20(15)16)4-6(7)17-8/h2,6-9,20H,1,3-5H2,(H,12,13). The molecule has 0 aromatic rings. The Morgan fingerprint density at radius 2 is 1.95 bits per heavy atom. The summed E-state index contributed by atoms with van der Waals surface area (Å²) in [6, 6.07) is 0. The molecule has 0 aliphatic carbocycles. The molecule has 112 valence electrons. The molecule has 4 unspecified atom stereocenters. The van der Waals surface area contributed by atoms with E-state index in [1.807, 2.05) is 0 Å². The van der Waals surface area contributed by atoms with E-state index in [0.717, 1.165) is 6.08 Å².